The Morgan fingerprint density at radius 2 is 1.73 bits per heavy atom. The molecule has 0 atom stereocenters. The molecule has 1 aliphatic rings. The van der Waals surface area contributed by atoms with Crippen molar-refractivity contribution in [3.05, 3.63) is 87.4 Å². The van der Waals surface area contributed by atoms with Crippen LogP contribution in [0.4, 0.5) is 5.69 Å². The summed E-state index contributed by atoms with van der Waals surface area (Å²) in [5.74, 6) is 1.33. The molecule has 4 aromatic rings. The first-order chi connectivity index (χ1) is 16.0. The van der Waals surface area contributed by atoms with Gasteiger partial charge in [0.15, 0.2) is 11.5 Å². The summed E-state index contributed by atoms with van der Waals surface area (Å²) >= 11 is 6.34. The second kappa shape index (κ2) is 8.60. The molecular weight excluding hydrogens is 442 g/mol. The van der Waals surface area contributed by atoms with Gasteiger partial charge in [-0.3, -0.25) is 14.2 Å². The molecule has 0 aliphatic carbocycles. The fourth-order valence-corrected chi connectivity index (χ4v) is 3.98. The van der Waals surface area contributed by atoms with Crippen LogP contribution in [-0.4, -0.2) is 28.7 Å². The number of amides is 1. The molecule has 0 saturated heterocycles. The largest absolute Gasteiger partial charge is 0.490 e. The number of benzene rings is 3. The first-order valence-corrected chi connectivity index (χ1v) is 10.9. The third-order valence-corrected chi connectivity index (χ3v) is 5.73. The molecule has 0 bridgehead atoms. The van der Waals surface area contributed by atoms with Crippen molar-refractivity contribution in [3.8, 4) is 17.2 Å². The number of rotatable bonds is 3. The lowest BCUT2D eigenvalue weighted by molar-refractivity contribution is 0.102. The molecule has 7 nitrogen and oxygen atoms in total. The average molecular weight is 462 g/mol. The highest BCUT2D eigenvalue weighted by Gasteiger charge is 2.17. The first kappa shape index (κ1) is 21.0. The Bertz CT molecular complexity index is 1430. The van der Waals surface area contributed by atoms with Crippen molar-refractivity contribution in [2.75, 3.05) is 18.5 Å². The standard InChI is InChI=1S/C25H20ClN3O4/c1-15-27-20-6-3-2-5-18(20)25(31)29(15)17-9-7-16(8-10-17)24(30)28-21-14-23-22(13-19(21)26)32-11-4-12-33-23/h2-3,5-10,13-14H,4,11-12H2,1H3,(H,28,30). The molecule has 0 spiro atoms. The predicted molar refractivity (Wildman–Crippen MR) is 127 cm³/mol. The second-order valence-corrected chi connectivity index (χ2v) is 8.05. The molecule has 5 rings (SSSR count). The summed E-state index contributed by atoms with van der Waals surface area (Å²) in [4.78, 5) is 30.4. The van der Waals surface area contributed by atoms with E-state index in [2.05, 4.69) is 10.3 Å². The molecular formula is C25H20ClN3O4. The van der Waals surface area contributed by atoms with Crippen LogP contribution in [0.2, 0.25) is 5.02 Å². The van der Waals surface area contributed by atoms with Crippen LogP contribution < -0.4 is 20.3 Å². The van der Waals surface area contributed by atoms with Crippen molar-refractivity contribution < 1.29 is 14.3 Å². The Balaban J connectivity index is 1.42. The van der Waals surface area contributed by atoms with E-state index in [0.29, 0.717) is 63.4 Å². The third kappa shape index (κ3) is 4.03. The monoisotopic (exact) mass is 461 g/mol. The molecule has 8 heteroatoms. The number of anilines is 1. The zero-order valence-corrected chi connectivity index (χ0v) is 18.6. The molecule has 0 unspecified atom stereocenters. The lowest BCUT2D eigenvalue weighted by Crippen LogP contribution is -2.22. The fraction of sp³-hybridized carbons (Fsp3) is 0.160. The average Bonchev–Trinajstić information content (AvgIpc) is 3.04. The Morgan fingerprint density at radius 1 is 1.03 bits per heavy atom. The molecule has 0 saturated carbocycles. The zero-order valence-electron chi connectivity index (χ0n) is 17.8. The van der Waals surface area contributed by atoms with Gasteiger partial charge in [-0.15, -0.1) is 0 Å². The number of aromatic nitrogens is 2. The van der Waals surface area contributed by atoms with Gasteiger partial charge in [0.2, 0.25) is 0 Å². The molecule has 0 radical (unpaired) electrons. The van der Waals surface area contributed by atoms with Gasteiger partial charge in [-0.1, -0.05) is 23.7 Å². The van der Waals surface area contributed by atoms with Crippen molar-refractivity contribution in [1.29, 1.82) is 0 Å². The van der Waals surface area contributed by atoms with E-state index in [-0.39, 0.29) is 11.5 Å². The smallest absolute Gasteiger partial charge is 0.265 e. The van der Waals surface area contributed by atoms with Crippen LogP contribution in [0.1, 0.15) is 22.6 Å². The summed E-state index contributed by atoms with van der Waals surface area (Å²) in [6.07, 6.45) is 0.773. The molecule has 1 aliphatic heterocycles. The fourth-order valence-electron chi connectivity index (χ4n) is 3.78. The van der Waals surface area contributed by atoms with E-state index >= 15 is 0 Å². The van der Waals surface area contributed by atoms with Crippen molar-refractivity contribution >= 4 is 34.1 Å². The number of hydrogen-bond donors (Lipinski definition) is 1. The number of carbonyl (C=O) groups is 1. The number of nitrogens with zero attached hydrogens (tertiary/aromatic N) is 2. The van der Waals surface area contributed by atoms with Gasteiger partial charge >= 0.3 is 0 Å². The van der Waals surface area contributed by atoms with E-state index in [1.165, 1.54) is 4.57 Å². The van der Waals surface area contributed by atoms with Crippen LogP contribution >= 0.6 is 11.6 Å². The summed E-state index contributed by atoms with van der Waals surface area (Å²) in [5, 5.41) is 3.71. The maximum Gasteiger partial charge on any atom is 0.265 e. The minimum Gasteiger partial charge on any atom is -0.490 e. The minimum atomic E-state index is -0.335. The Kier molecular flexibility index (Phi) is 5.48. The Labute approximate surface area is 194 Å². The molecule has 0 fully saturated rings. The van der Waals surface area contributed by atoms with Crippen LogP contribution in [0, 0.1) is 6.92 Å². The summed E-state index contributed by atoms with van der Waals surface area (Å²) in [7, 11) is 0. The molecule has 3 aromatic carbocycles. The highest BCUT2D eigenvalue weighted by Crippen LogP contribution is 2.37. The summed E-state index contributed by atoms with van der Waals surface area (Å²) in [6, 6.07) is 17.3. The Morgan fingerprint density at radius 3 is 2.48 bits per heavy atom. The number of para-hydroxylation sites is 1. The van der Waals surface area contributed by atoms with E-state index < -0.39 is 0 Å². The lowest BCUT2D eigenvalue weighted by Gasteiger charge is -2.13. The Hall–Kier alpha value is -3.84. The highest BCUT2D eigenvalue weighted by molar-refractivity contribution is 6.34. The maximum atomic E-state index is 13.0. The van der Waals surface area contributed by atoms with Crippen LogP contribution in [0.15, 0.2) is 65.5 Å². The number of nitrogens with one attached hydrogen (secondary N) is 1. The van der Waals surface area contributed by atoms with E-state index in [1.54, 1.807) is 49.4 Å². The van der Waals surface area contributed by atoms with Gasteiger partial charge in [0.05, 0.1) is 40.5 Å². The van der Waals surface area contributed by atoms with Gasteiger partial charge in [-0.25, -0.2) is 4.98 Å². The SMILES string of the molecule is Cc1nc2ccccc2c(=O)n1-c1ccc(C(=O)Nc2cc3c(cc2Cl)OCCCO3)cc1. The van der Waals surface area contributed by atoms with Crippen LogP contribution in [0.3, 0.4) is 0 Å². The molecule has 33 heavy (non-hydrogen) atoms. The molecule has 166 valence electrons. The van der Waals surface area contributed by atoms with Crippen LogP contribution in [0.5, 0.6) is 11.5 Å². The number of ether oxygens (including phenoxy) is 2. The second-order valence-electron chi connectivity index (χ2n) is 7.65. The van der Waals surface area contributed by atoms with Crippen LogP contribution in [0.25, 0.3) is 16.6 Å². The molecule has 1 N–H and O–H groups in total. The summed E-state index contributed by atoms with van der Waals surface area (Å²) in [5.41, 5.74) is 1.97. The summed E-state index contributed by atoms with van der Waals surface area (Å²) in [6.45, 7) is 2.86. The predicted octanol–water partition coefficient (Wildman–Crippen LogP) is 4.76. The van der Waals surface area contributed by atoms with Gasteiger partial charge in [-0.2, -0.15) is 0 Å². The van der Waals surface area contributed by atoms with Crippen molar-refractivity contribution in [2.45, 2.75) is 13.3 Å². The van der Waals surface area contributed by atoms with Gasteiger partial charge in [0, 0.05) is 24.1 Å². The van der Waals surface area contributed by atoms with Gasteiger partial charge in [-0.05, 0) is 43.3 Å². The third-order valence-electron chi connectivity index (χ3n) is 5.42. The van der Waals surface area contributed by atoms with Gasteiger partial charge < -0.3 is 14.8 Å². The first-order valence-electron chi connectivity index (χ1n) is 10.5. The van der Waals surface area contributed by atoms with Crippen molar-refractivity contribution in [2.24, 2.45) is 0 Å². The van der Waals surface area contributed by atoms with Gasteiger partial charge in [0.1, 0.15) is 5.82 Å². The molecule has 1 amide bonds. The summed E-state index contributed by atoms with van der Waals surface area (Å²) < 4.78 is 12.8. The van der Waals surface area contributed by atoms with E-state index in [9.17, 15) is 9.59 Å². The van der Waals surface area contributed by atoms with E-state index in [0.717, 1.165) is 6.42 Å². The topological polar surface area (TPSA) is 82.5 Å². The zero-order chi connectivity index (χ0) is 22.9. The molecule has 1 aromatic heterocycles. The van der Waals surface area contributed by atoms with E-state index in [1.807, 2.05) is 18.2 Å². The van der Waals surface area contributed by atoms with Crippen LogP contribution in [-0.2, 0) is 0 Å². The van der Waals surface area contributed by atoms with Gasteiger partial charge in [0.25, 0.3) is 11.5 Å². The number of carbonyl (C=O) groups excluding carboxylic acids is 1. The number of hydrogen-bond acceptors (Lipinski definition) is 5. The lowest BCUT2D eigenvalue weighted by atomic mass is 10.1. The number of fused-ring (bicyclic) bond motifs is 2. The number of aryl methyl sites for hydroxylation is 1. The van der Waals surface area contributed by atoms with E-state index in [4.69, 9.17) is 21.1 Å². The minimum absolute atomic E-state index is 0.158. The number of halogens is 1. The highest BCUT2D eigenvalue weighted by atomic mass is 35.5. The van der Waals surface area contributed by atoms with Crippen molar-refractivity contribution in [1.82, 2.24) is 9.55 Å². The maximum absolute atomic E-state index is 13.0. The normalized spacial score (nSPS) is 12.9. The molecule has 2 heterocycles. The van der Waals surface area contributed by atoms with Crippen molar-refractivity contribution in [3.63, 3.8) is 0 Å². The quantitative estimate of drug-likeness (QED) is 0.475.